The number of hydrogen-bond donors (Lipinski definition) is 3. The minimum atomic E-state index is -3.95. The summed E-state index contributed by atoms with van der Waals surface area (Å²) in [6.45, 7) is 0. The summed E-state index contributed by atoms with van der Waals surface area (Å²) in [5.74, 6) is -2.43. The minimum absolute atomic E-state index is 0.358. The Hall–Kier alpha value is -1.44. The van der Waals surface area contributed by atoms with Crippen LogP contribution in [-0.4, -0.2) is 36.5 Å². The molecule has 7 heteroatoms. The van der Waals surface area contributed by atoms with E-state index in [0.29, 0.717) is 12.0 Å². The molecule has 6 nitrogen and oxygen atoms in total. The van der Waals surface area contributed by atoms with Gasteiger partial charge in [-0.3, -0.25) is 4.79 Å². The lowest BCUT2D eigenvalue weighted by atomic mass is 10.1. The average Bonchev–Trinajstić information content (AvgIpc) is 2.53. The Morgan fingerprint density at radius 3 is 2.72 bits per heavy atom. The number of nitrogens with one attached hydrogen (secondary N) is 1. The number of hydrogen-bond acceptors (Lipinski definition) is 4. The number of fused-ring (bicyclic) bond motifs is 1. The Morgan fingerprint density at radius 2 is 2.06 bits per heavy atom. The Labute approximate surface area is 104 Å². The number of carboxylic acids is 1. The zero-order chi connectivity index (χ0) is 13.3. The van der Waals surface area contributed by atoms with E-state index in [2.05, 4.69) is 4.72 Å². The predicted octanol–water partition coefficient (Wildman–Crippen LogP) is -0.351. The van der Waals surface area contributed by atoms with E-state index in [0.717, 1.165) is 5.56 Å². The fraction of sp³-hybridized carbons (Fsp3) is 0.364. The number of carboxylic acid groups (broad SMARTS) is 1. The van der Waals surface area contributed by atoms with Crippen LogP contribution in [0.1, 0.15) is 17.2 Å². The summed E-state index contributed by atoms with van der Waals surface area (Å²) in [7, 11) is -3.95. The monoisotopic (exact) mass is 271 g/mol. The molecule has 3 N–H and O–H groups in total. The second-order valence-corrected chi connectivity index (χ2v) is 5.97. The maximum absolute atomic E-state index is 11.5. The van der Waals surface area contributed by atoms with Crippen molar-refractivity contribution in [1.29, 1.82) is 0 Å². The zero-order valence-corrected chi connectivity index (χ0v) is 10.2. The number of aliphatic hydroxyl groups is 1. The first kappa shape index (κ1) is 13.0. The highest BCUT2D eigenvalue weighted by Crippen LogP contribution is 2.31. The van der Waals surface area contributed by atoms with Crippen LogP contribution in [0.25, 0.3) is 0 Å². The summed E-state index contributed by atoms with van der Waals surface area (Å²) in [4.78, 5) is 10.4. The zero-order valence-electron chi connectivity index (χ0n) is 9.41. The topological polar surface area (TPSA) is 104 Å². The quantitative estimate of drug-likeness (QED) is 0.694. The average molecular weight is 271 g/mol. The van der Waals surface area contributed by atoms with Crippen molar-refractivity contribution >= 4 is 16.0 Å². The smallest absolute Gasteiger partial charge is 0.320 e. The molecule has 1 aliphatic carbocycles. The molecule has 0 saturated heterocycles. The van der Waals surface area contributed by atoms with E-state index in [1.54, 1.807) is 18.2 Å². The first-order valence-corrected chi connectivity index (χ1v) is 7.02. The summed E-state index contributed by atoms with van der Waals surface area (Å²) in [6.07, 6.45) is -0.512. The van der Waals surface area contributed by atoms with Crippen LogP contribution in [0.15, 0.2) is 24.3 Å². The van der Waals surface area contributed by atoms with Gasteiger partial charge in [0.1, 0.15) is 0 Å². The fourth-order valence-electron chi connectivity index (χ4n) is 2.11. The number of aliphatic hydroxyl groups excluding tert-OH is 1. The number of aliphatic carboxylic acids is 1. The van der Waals surface area contributed by atoms with E-state index < -0.39 is 33.9 Å². The lowest BCUT2D eigenvalue weighted by molar-refractivity contribution is -0.134. The van der Waals surface area contributed by atoms with Gasteiger partial charge in [-0.15, -0.1) is 0 Å². The van der Waals surface area contributed by atoms with E-state index in [9.17, 15) is 18.3 Å². The van der Waals surface area contributed by atoms with Crippen molar-refractivity contribution < 1.29 is 23.4 Å². The molecule has 98 valence electrons. The van der Waals surface area contributed by atoms with Crippen molar-refractivity contribution in [1.82, 2.24) is 4.72 Å². The molecular weight excluding hydrogens is 258 g/mol. The van der Waals surface area contributed by atoms with Crippen molar-refractivity contribution in [2.75, 3.05) is 5.75 Å². The van der Waals surface area contributed by atoms with E-state index in [1.807, 2.05) is 6.07 Å². The Morgan fingerprint density at radius 1 is 1.39 bits per heavy atom. The van der Waals surface area contributed by atoms with Gasteiger partial charge in [-0.05, 0) is 11.1 Å². The highest BCUT2D eigenvalue weighted by atomic mass is 32.2. The number of rotatable bonds is 4. The Balaban J connectivity index is 2.22. The first-order chi connectivity index (χ1) is 8.39. The Bertz CT molecular complexity index is 569. The van der Waals surface area contributed by atoms with Gasteiger partial charge in [-0.2, -0.15) is 0 Å². The molecule has 1 aliphatic rings. The summed E-state index contributed by atoms with van der Waals surface area (Å²) < 4.78 is 25.3. The maximum atomic E-state index is 11.5. The van der Waals surface area contributed by atoms with E-state index in [-0.39, 0.29) is 0 Å². The van der Waals surface area contributed by atoms with Crippen molar-refractivity contribution in [3.63, 3.8) is 0 Å². The molecule has 1 aromatic rings. The lowest BCUT2D eigenvalue weighted by Crippen LogP contribution is -2.37. The van der Waals surface area contributed by atoms with Crippen LogP contribution in [-0.2, 0) is 21.2 Å². The van der Waals surface area contributed by atoms with Crippen LogP contribution >= 0.6 is 0 Å². The van der Waals surface area contributed by atoms with Gasteiger partial charge in [0, 0.05) is 6.42 Å². The molecule has 0 bridgehead atoms. The first-order valence-electron chi connectivity index (χ1n) is 5.37. The van der Waals surface area contributed by atoms with Gasteiger partial charge in [0.05, 0.1) is 12.1 Å². The van der Waals surface area contributed by atoms with Crippen LogP contribution in [0.4, 0.5) is 0 Å². The highest BCUT2D eigenvalue weighted by molar-refractivity contribution is 7.90. The van der Waals surface area contributed by atoms with Crippen molar-refractivity contribution in [2.24, 2.45) is 0 Å². The molecule has 0 fully saturated rings. The van der Waals surface area contributed by atoms with Crippen LogP contribution in [0.5, 0.6) is 0 Å². The number of benzene rings is 1. The van der Waals surface area contributed by atoms with Gasteiger partial charge in [0.15, 0.2) is 5.75 Å². The highest BCUT2D eigenvalue weighted by Gasteiger charge is 2.34. The van der Waals surface area contributed by atoms with E-state index in [4.69, 9.17) is 5.11 Å². The lowest BCUT2D eigenvalue weighted by Gasteiger charge is -2.17. The van der Waals surface area contributed by atoms with E-state index >= 15 is 0 Å². The Kier molecular flexibility index (Phi) is 3.38. The van der Waals surface area contributed by atoms with Crippen LogP contribution < -0.4 is 4.72 Å². The summed E-state index contributed by atoms with van der Waals surface area (Å²) >= 11 is 0. The third kappa shape index (κ3) is 2.69. The molecule has 2 atom stereocenters. The van der Waals surface area contributed by atoms with Gasteiger partial charge < -0.3 is 10.2 Å². The number of carbonyl (C=O) groups is 1. The molecule has 0 amide bonds. The molecule has 0 saturated carbocycles. The normalized spacial score (nSPS) is 22.7. The van der Waals surface area contributed by atoms with E-state index in [1.165, 1.54) is 0 Å². The van der Waals surface area contributed by atoms with Gasteiger partial charge in [0.25, 0.3) is 0 Å². The van der Waals surface area contributed by atoms with Crippen LogP contribution in [0.3, 0.4) is 0 Å². The van der Waals surface area contributed by atoms with Gasteiger partial charge >= 0.3 is 5.97 Å². The third-order valence-electron chi connectivity index (χ3n) is 2.82. The second kappa shape index (κ2) is 4.68. The summed E-state index contributed by atoms with van der Waals surface area (Å²) in [5.41, 5.74) is 1.56. The molecule has 0 unspecified atom stereocenters. The van der Waals surface area contributed by atoms with Crippen LogP contribution in [0, 0.1) is 0 Å². The molecule has 0 radical (unpaired) electrons. The molecule has 0 aromatic heterocycles. The summed E-state index contributed by atoms with van der Waals surface area (Å²) in [5, 5.41) is 18.3. The molecule has 18 heavy (non-hydrogen) atoms. The largest absolute Gasteiger partial charge is 0.480 e. The summed E-state index contributed by atoms with van der Waals surface area (Å²) in [6, 6.07) is 6.31. The van der Waals surface area contributed by atoms with Crippen LogP contribution in [0.2, 0.25) is 0 Å². The molecule has 1 aromatic carbocycles. The van der Waals surface area contributed by atoms with Gasteiger partial charge in [0.2, 0.25) is 10.0 Å². The predicted molar refractivity (Wildman–Crippen MR) is 63.5 cm³/mol. The van der Waals surface area contributed by atoms with Gasteiger partial charge in [-0.1, -0.05) is 24.3 Å². The van der Waals surface area contributed by atoms with Crippen molar-refractivity contribution in [2.45, 2.75) is 18.6 Å². The molecule has 0 aliphatic heterocycles. The molecule has 0 heterocycles. The third-order valence-corrected chi connectivity index (χ3v) is 4.06. The molecular formula is C11H13NO5S. The maximum Gasteiger partial charge on any atom is 0.320 e. The minimum Gasteiger partial charge on any atom is -0.480 e. The fourth-order valence-corrected chi connectivity index (χ4v) is 3.19. The van der Waals surface area contributed by atoms with Crippen molar-refractivity contribution in [3.8, 4) is 0 Å². The van der Waals surface area contributed by atoms with Crippen molar-refractivity contribution in [3.05, 3.63) is 35.4 Å². The van der Waals surface area contributed by atoms with Gasteiger partial charge in [-0.25, -0.2) is 13.1 Å². The number of sulfonamides is 1. The second-order valence-electron chi connectivity index (χ2n) is 4.22. The SMILES string of the molecule is O=C(O)CS(=O)(=O)N[C@@H]1c2ccccc2C[C@@H]1O. The standard InChI is InChI=1S/C11H13NO5S/c13-9-5-7-3-1-2-4-8(7)11(9)12-18(16,17)6-10(14)15/h1-4,9,11-13H,5-6H2,(H,14,15)/t9-,11+/m0/s1. The molecule has 0 spiro atoms. The molecule has 2 rings (SSSR count).